The van der Waals surface area contributed by atoms with Crippen molar-refractivity contribution in [1.29, 1.82) is 0 Å². The third-order valence-corrected chi connectivity index (χ3v) is 16.0. The zero-order valence-electron chi connectivity index (χ0n) is 18.5. The lowest BCUT2D eigenvalue weighted by atomic mass is 10.3. The third kappa shape index (κ3) is 5.45. The van der Waals surface area contributed by atoms with Crippen LogP contribution in [0.25, 0.3) is 0 Å². The standard InChI is InChI=1S/C25H34OSi3/c1-27(2,3)21-22-28(4,5)26-29(23-15-9-6-10-16-23,24-17-11-7-12-18-24)25-19-13-8-14-20-25/h6-20H,21-22H2,1-5H3. The Kier molecular flexibility index (Phi) is 6.79. The summed E-state index contributed by atoms with van der Waals surface area (Å²) < 4.78 is 7.48. The van der Waals surface area contributed by atoms with Gasteiger partial charge in [-0.1, -0.05) is 117 Å². The van der Waals surface area contributed by atoms with Crippen LogP contribution in [0.15, 0.2) is 91.0 Å². The van der Waals surface area contributed by atoms with Crippen molar-refractivity contribution >= 4 is 40.3 Å². The maximum Gasteiger partial charge on any atom is 0.278 e. The molecule has 0 aliphatic heterocycles. The van der Waals surface area contributed by atoms with Crippen molar-refractivity contribution < 1.29 is 4.12 Å². The predicted octanol–water partition coefficient (Wildman–Crippen LogP) is 5.21. The van der Waals surface area contributed by atoms with Crippen LogP contribution in [-0.2, 0) is 4.12 Å². The van der Waals surface area contributed by atoms with Crippen LogP contribution in [0.3, 0.4) is 0 Å². The third-order valence-electron chi connectivity index (χ3n) is 5.45. The molecule has 0 saturated heterocycles. The normalized spacial score (nSPS) is 12.7. The molecule has 3 aromatic rings. The van der Waals surface area contributed by atoms with Gasteiger partial charge in [-0.25, -0.2) is 0 Å². The van der Waals surface area contributed by atoms with Gasteiger partial charge < -0.3 is 4.12 Å². The molecule has 3 aromatic carbocycles. The Morgan fingerprint density at radius 3 is 1.17 bits per heavy atom. The lowest BCUT2D eigenvalue weighted by molar-refractivity contribution is 0.569. The average Bonchev–Trinajstić information content (AvgIpc) is 2.72. The quantitative estimate of drug-likeness (QED) is 0.349. The highest BCUT2D eigenvalue weighted by Gasteiger charge is 2.46. The van der Waals surface area contributed by atoms with Crippen molar-refractivity contribution in [3.05, 3.63) is 91.0 Å². The fourth-order valence-electron chi connectivity index (χ4n) is 3.84. The smallest absolute Gasteiger partial charge is 0.278 e. The van der Waals surface area contributed by atoms with E-state index in [4.69, 9.17) is 4.12 Å². The van der Waals surface area contributed by atoms with Crippen molar-refractivity contribution in [2.75, 3.05) is 0 Å². The van der Waals surface area contributed by atoms with Gasteiger partial charge >= 0.3 is 0 Å². The topological polar surface area (TPSA) is 9.23 Å². The second-order valence-electron chi connectivity index (χ2n) is 9.70. The van der Waals surface area contributed by atoms with Gasteiger partial charge in [-0.2, -0.15) is 0 Å². The zero-order valence-corrected chi connectivity index (χ0v) is 21.5. The Hall–Kier alpha value is -1.73. The molecule has 0 radical (unpaired) electrons. The molecule has 3 rings (SSSR count). The molecule has 0 fully saturated rings. The van der Waals surface area contributed by atoms with Gasteiger partial charge in [-0.3, -0.25) is 0 Å². The van der Waals surface area contributed by atoms with Crippen molar-refractivity contribution in [2.45, 2.75) is 44.8 Å². The van der Waals surface area contributed by atoms with Gasteiger partial charge in [0.25, 0.3) is 8.32 Å². The van der Waals surface area contributed by atoms with E-state index in [2.05, 4.69) is 124 Å². The van der Waals surface area contributed by atoms with Crippen molar-refractivity contribution in [3.63, 3.8) is 0 Å². The molecule has 29 heavy (non-hydrogen) atoms. The first kappa shape index (κ1) is 22.0. The monoisotopic (exact) mass is 434 g/mol. The summed E-state index contributed by atoms with van der Waals surface area (Å²) in [6.45, 7) is 12.2. The number of benzene rings is 3. The highest BCUT2D eigenvalue weighted by atomic mass is 28.4. The summed E-state index contributed by atoms with van der Waals surface area (Å²) in [5.41, 5.74) is 0. The molecule has 1 nitrogen and oxygen atoms in total. The fraction of sp³-hybridized carbons (Fsp3) is 0.280. The van der Waals surface area contributed by atoms with E-state index in [1.807, 2.05) is 0 Å². The van der Waals surface area contributed by atoms with Crippen LogP contribution in [0.2, 0.25) is 44.8 Å². The van der Waals surface area contributed by atoms with E-state index in [0.717, 1.165) is 0 Å². The Bertz CT molecular complexity index is 791. The van der Waals surface area contributed by atoms with Crippen LogP contribution in [0.1, 0.15) is 0 Å². The zero-order chi connectivity index (χ0) is 21.0. The average molecular weight is 435 g/mol. The molecule has 0 aromatic heterocycles. The number of hydrogen-bond donors (Lipinski definition) is 0. The first-order chi connectivity index (χ1) is 13.7. The molecule has 0 saturated carbocycles. The Balaban J connectivity index is 2.17. The van der Waals surface area contributed by atoms with E-state index < -0.39 is 24.7 Å². The molecule has 0 N–H and O–H groups in total. The van der Waals surface area contributed by atoms with Gasteiger partial charge in [-0.05, 0) is 34.7 Å². The van der Waals surface area contributed by atoms with E-state index >= 15 is 0 Å². The lowest BCUT2D eigenvalue weighted by Gasteiger charge is -2.40. The van der Waals surface area contributed by atoms with E-state index in [0.29, 0.717) is 0 Å². The van der Waals surface area contributed by atoms with Gasteiger partial charge in [0, 0.05) is 8.07 Å². The lowest BCUT2D eigenvalue weighted by Crippen LogP contribution is -2.72. The van der Waals surface area contributed by atoms with Crippen LogP contribution in [-0.4, -0.2) is 24.7 Å². The first-order valence-corrected chi connectivity index (χ1v) is 19.3. The van der Waals surface area contributed by atoms with Crippen LogP contribution in [0.4, 0.5) is 0 Å². The predicted molar refractivity (Wildman–Crippen MR) is 136 cm³/mol. The van der Waals surface area contributed by atoms with Crippen molar-refractivity contribution in [1.82, 2.24) is 0 Å². The van der Waals surface area contributed by atoms with Crippen molar-refractivity contribution in [3.8, 4) is 0 Å². The van der Waals surface area contributed by atoms with Gasteiger partial charge in [-0.15, -0.1) is 0 Å². The Morgan fingerprint density at radius 1 is 0.517 bits per heavy atom. The molecule has 152 valence electrons. The van der Waals surface area contributed by atoms with Crippen LogP contribution in [0.5, 0.6) is 0 Å². The molecular weight excluding hydrogens is 401 g/mol. The molecule has 0 aliphatic rings. The fourth-order valence-corrected chi connectivity index (χ4v) is 17.4. The molecule has 0 unspecified atom stereocenters. The summed E-state index contributed by atoms with van der Waals surface area (Å²) in [7, 11) is -5.59. The largest absolute Gasteiger partial charge is 0.446 e. The summed E-state index contributed by atoms with van der Waals surface area (Å²) in [6, 6.07) is 35.4. The summed E-state index contributed by atoms with van der Waals surface area (Å²) in [5.74, 6) is 0. The van der Waals surface area contributed by atoms with Gasteiger partial charge in [0.1, 0.15) is 0 Å². The van der Waals surface area contributed by atoms with E-state index in [-0.39, 0.29) is 0 Å². The molecule has 0 aliphatic carbocycles. The molecule has 0 atom stereocenters. The van der Waals surface area contributed by atoms with E-state index in [1.54, 1.807) is 0 Å². The highest BCUT2D eigenvalue weighted by molar-refractivity contribution is 7.10. The molecule has 0 amide bonds. The van der Waals surface area contributed by atoms with Gasteiger partial charge in [0.2, 0.25) is 0 Å². The molecular formula is C25H34OSi3. The Labute approximate surface area is 180 Å². The molecule has 0 spiro atoms. The van der Waals surface area contributed by atoms with Gasteiger partial charge in [0.15, 0.2) is 8.32 Å². The summed E-state index contributed by atoms with van der Waals surface area (Å²) in [5, 5.41) is 4.02. The van der Waals surface area contributed by atoms with Gasteiger partial charge in [0.05, 0.1) is 0 Å². The van der Waals surface area contributed by atoms with Crippen molar-refractivity contribution in [2.24, 2.45) is 0 Å². The highest BCUT2D eigenvalue weighted by Crippen LogP contribution is 2.25. The van der Waals surface area contributed by atoms with Crippen LogP contribution >= 0.6 is 0 Å². The Morgan fingerprint density at radius 2 is 0.862 bits per heavy atom. The minimum absolute atomic E-state index is 1.11. The second-order valence-corrected chi connectivity index (χ2v) is 23.3. The molecule has 0 bridgehead atoms. The second kappa shape index (κ2) is 8.96. The minimum atomic E-state index is -2.58. The van der Waals surface area contributed by atoms with E-state index in [1.165, 1.54) is 27.6 Å². The maximum absolute atomic E-state index is 7.48. The SMILES string of the molecule is C[Si](C)(C)CC[Si](C)(C)O[Si](c1ccccc1)(c1ccccc1)c1ccccc1. The number of rotatable bonds is 8. The van der Waals surface area contributed by atoms with Crippen LogP contribution < -0.4 is 15.6 Å². The summed E-state index contributed by atoms with van der Waals surface area (Å²) in [6.07, 6.45) is 0. The first-order valence-electron chi connectivity index (χ1n) is 10.6. The maximum atomic E-state index is 7.48. The molecule has 0 heterocycles. The summed E-state index contributed by atoms with van der Waals surface area (Å²) in [4.78, 5) is 0. The number of hydrogen-bond acceptors (Lipinski definition) is 1. The van der Waals surface area contributed by atoms with E-state index in [9.17, 15) is 0 Å². The minimum Gasteiger partial charge on any atom is -0.446 e. The van der Waals surface area contributed by atoms with Crippen LogP contribution in [0, 0.1) is 0 Å². The molecule has 4 heteroatoms. The summed E-state index contributed by atoms with van der Waals surface area (Å²) >= 11 is 0.